The molecule has 2 aliphatic rings. The van der Waals surface area contributed by atoms with Crippen molar-refractivity contribution in [1.82, 2.24) is 19.4 Å². The zero-order valence-corrected chi connectivity index (χ0v) is 20.8. The van der Waals surface area contributed by atoms with Crippen molar-refractivity contribution in [3.05, 3.63) is 74.9 Å². The minimum Gasteiger partial charge on any atom is -0.497 e. The number of carbonyl (C=O) groups excluding carboxylic acids is 1. The van der Waals surface area contributed by atoms with Gasteiger partial charge in [-0.15, -0.1) is 0 Å². The molecule has 2 aromatic carbocycles. The summed E-state index contributed by atoms with van der Waals surface area (Å²) in [5.41, 5.74) is 1.20. The summed E-state index contributed by atoms with van der Waals surface area (Å²) >= 11 is 0. The first-order chi connectivity index (χ1) is 17.5. The highest BCUT2D eigenvalue weighted by Crippen LogP contribution is 2.31. The number of nitrogens with one attached hydrogen (secondary N) is 1. The van der Waals surface area contributed by atoms with Crippen LogP contribution in [0.25, 0.3) is 10.9 Å². The Bertz CT molecular complexity index is 1330. The molecule has 5 rings (SSSR count). The van der Waals surface area contributed by atoms with E-state index >= 15 is 0 Å². The first-order valence-corrected chi connectivity index (χ1v) is 12.9. The summed E-state index contributed by atoms with van der Waals surface area (Å²) in [7, 11) is 1.68. The molecule has 36 heavy (non-hydrogen) atoms. The zero-order chi connectivity index (χ0) is 25.1. The van der Waals surface area contributed by atoms with Crippen LogP contribution in [0, 0.1) is 11.8 Å². The molecule has 1 saturated heterocycles. The topological polar surface area (TPSA) is 87.6 Å². The second-order valence-electron chi connectivity index (χ2n) is 10.1. The summed E-state index contributed by atoms with van der Waals surface area (Å²) in [5, 5.41) is 0.534. The van der Waals surface area contributed by atoms with E-state index in [2.05, 4.69) is 22.0 Å². The number of para-hydroxylation sites is 1. The Kier molecular flexibility index (Phi) is 7.23. The molecule has 2 fully saturated rings. The molecule has 1 aliphatic carbocycles. The van der Waals surface area contributed by atoms with Crippen molar-refractivity contribution < 1.29 is 9.53 Å². The van der Waals surface area contributed by atoms with Crippen LogP contribution in [0.4, 0.5) is 0 Å². The number of aromatic nitrogens is 2. The van der Waals surface area contributed by atoms with E-state index in [1.165, 1.54) is 10.1 Å². The standard InChI is InChI=1S/C28H34N4O4/c1-36-23-6-4-5-21(17-23)18-30-13-15-31(16-14-30)26(33)22-11-9-20(10-12-22)19-32-27(34)24-7-2-3-8-25(24)29-28(32)35/h2-8,17,20,22H,9-16,18-19H2,1H3,(H,29,35). The van der Waals surface area contributed by atoms with E-state index in [1.54, 1.807) is 25.3 Å². The average Bonchev–Trinajstić information content (AvgIpc) is 2.91. The smallest absolute Gasteiger partial charge is 0.328 e. The number of carbonyl (C=O) groups is 1. The minimum atomic E-state index is -0.358. The van der Waals surface area contributed by atoms with Gasteiger partial charge in [-0.3, -0.25) is 19.1 Å². The van der Waals surface area contributed by atoms with Crippen molar-refractivity contribution in [1.29, 1.82) is 0 Å². The van der Waals surface area contributed by atoms with Crippen molar-refractivity contribution in [3.8, 4) is 5.75 Å². The number of amides is 1. The number of ether oxygens (including phenoxy) is 1. The molecule has 1 aliphatic heterocycles. The van der Waals surface area contributed by atoms with Gasteiger partial charge >= 0.3 is 5.69 Å². The normalized spacial score (nSPS) is 21.0. The van der Waals surface area contributed by atoms with Crippen molar-refractivity contribution in [2.24, 2.45) is 11.8 Å². The molecule has 3 aromatic rings. The van der Waals surface area contributed by atoms with E-state index in [4.69, 9.17) is 4.74 Å². The van der Waals surface area contributed by atoms with Crippen LogP contribution < -0.4 is 16.0 Å². The lowest BCUT2D eigenvalue weighted by atomic mass is 9.81. The maximum atomic E-state index is 13.2. The summed E-state index contributed by atoms with van der Waals surface area (Å²) < 4.78 is 6.65. The number of hydrogen-bond donors (Lipinski definition) is 1. The zero-order valence-electron chi connectivity index (χ0n) is 20.8. The van der Waals surface area contributed by atoms with Crippen LogP contribution in [-0.4, -0.2) is 58.5 Å². The van der Waals surface area contributed by atoms with E-state index in [0.717, 1.165) is 64.2 Å². The number of methoxy groups -OCH3 is 1. The van der Waals surface area contributed by atoms with Crippen molar-refractivity contribution in [3.63, 3.8) is 0 Å². The second kappa shape index (κ2) is 10.7. The van der Waals surface area contributed by atoms with Gasteiger partial charge in [0.15, 0.2) is 0 Å². The lowest BCUT2D eigenvalue weighted by Gasteiger charge is -2.38. The highest BCUT2D eigenvalue weighted by Gasteiger charge is 2.31. The average molecular weight is 491 g/mol. The third kappa shape index (κ3) is 5.23. The van der Waals surface area contributed by atoms with Crippen molar-refractivity contribution in [2.45, 2.75) is 38.8 Å². The maximum absolute atomic E-state index is 13.2. The van der Waals surface area contributed by atoms with Gasteiger partial charge < -0.3 is 14.6 Å². The predicted octanol–water partition coefficient (Wildman–Crippen LogP) is 2.85. The number of H-pyrrole nitrogens is 1. The van der Waals surface area contributed by atoms with Gasteiger partial charge in [-0.05, 0) is 61.4 Å². The molecule has 0 spiro atoms. The van der Waals surface area contributed by atoms with Gasteiger partial charge in [0, 0.05) is 45.2 Å². The first kappa shape index (κ1) is 24.3. The molecule has 1 aromatic heterocycles. The van der Waals surface area contributed by atoms with Gasteiger partial charge in [0.25, 0.3) is 5.56 Å². The van der Waals surface area contributed by atoms with Crippen LogP contribution in [0.15, 0.2) is 58.1 Å². The van der Waals surface area contributed by atoms with Gasteiger partial charge in [-0.25, -0.2) is 4.79 Å². The van der Waals surface area contributed by atoms with E-state index < -0.39 is 0 Å². The van der Waals surface area contributed by atoms with Crippen LogP contribution in [0.3, 0.4) is 0 Å². The number of fused-ring (bicyclic) bond motifs is 1. The number of nitrogens with zero attached hydrogens (tertiary/aromatic N) is 3. The van der Waals surface area contributed by atoms with Crippen molar-refractivity contribution >= 4 is 16.8 Å². The Hall–Kier alpha value is -3.39. The third-order valence-corrected chi connectivity index (χ3v) is 7.75. The molecular formula is C28H34N4O4. The first-order valence-electron chi connectivity index (χ1n) is 12.9. The number of benzene rings is 2. The Labute approximate surface area is 210 Å². The van der Waals surface area contributed by atoms with E-state index in [-0.39, 0.29) is 29.0 Å². The fraction of sp³-hybridized carbons (Fsp3) is 0.464. The lowest BCUT2D eigenvalue weighted by molar-refractivity contribution is -0.138. The molecule has 1 amide bonds. The quantitative estimate of drug-likeness (QED) is 0.574. The Morgan fingerprint density at radius 3 is 2.47 bits per heavy atom. The van der Waals surface area contributed by atoms with E-state index in [0.29, 0.717) is 17.4 Å². The third-order valence-electron chi connectivity index (χ3n) is 7.75. The lowest BCUT2D eigenvalue weighted by Crippen LogP contribution is -2.50. The van der Waals surface area contributed by atoms with Gasteiger partial charge in [-0.1, -0.05) is 24.3 Å². The van der Waals surface area contributed by atoms with Gasteiger partial charge in [0.05, 0.1) is 18.0 Å². The monoisotopic (exact) mass is 490 g/mol. The molecule has 0 radical (unpaired) electrons. The Balaban J connectivity index is 1.12. The van der Waals surface area contributed by atoms with Crippen LogP contribution in [-0.2, 0) is 17.9 Å². The van der Waals surface area contributed by atoms with Crippen LogP contribution in [0.2, 0.25) is 0 Å². The number of rotatable bonds is 6. The number of piperazine rings is 1. The molecule has 1 saturated carbocycles. The number of hydrogen-bond acceptors (Lipinski definition) is 5. The molecule has 0 unspecified atom stereocenters. The highest BCUT2D eigenvalue weighted by molar-refractivity contribution is 5.79. The van der Waals surface area contributed by atoms with Crippen LogP contribution in [0.1, 0.15) is 31.2 Å². The second-order valence-corrected chi connectivity index (χ2v) is 10.1. The highest BCUT2D eigenvalue weighted by atomic mass is 16.5. The Morgan fingerprint density at radius 2 is 1.72 bits per heavy atom. The summed E-state index contributed by atoms with van der Waals surface area (Å²) in [6.07, 6.45) is 3.33. The fourth-order valence-corrected chi connectivity index (χ4v) is 5.63. The SMILES string of the molecule is COc1cccc(CN2CCN(C(=O)C3CCC(Cn4c(=O)[nH]c5ccccc5c4=O)CC3)CC2)c1. The summed E-state index contributed by atoms with van der Waals surface area (Å²) in [5.74, 6) is 1.40. The molecule has 0 atom stereocenters. The summed E-state index contributed by atoms with van der Waals surface area (Å²) in [6.45, 7) is 4.51. The minimum absolute atomic E-state index is 0.0396. The molecule has 8 heteroatoms. The molecule has 190 valence electrons. The molecule has 1 N–H and O–H groups in total. The molecule has 0 bridgehead atoms. The van der Waals surface area contributed by atoms with E-state index in [9.17, 15) is 14.4 Å². The van der Waals surface area contributed by atoms with Crippen molar-refractivity contribution in [2.75, 3.05) is 33.3 Å². The largest absolute Gasteiger partial charge is 0.497 e. The molecule has 2 heterocycles. The fourth-order valence-electron chi connectivity index (χ4n) is 5.63. The van der Waals surface area contributed by atoms with Gasteiger partial charge in [-0.2, -0.15) is 0 Å². The molecule has 8 nitrogen and oxygen atoms in total. The summed E-state index contributed by atoms with van der Waals surface area (Å²) in [6, 6.07) is 15.2. The maximum Gasteiger partial charge on any atom is 0.328 e. The van der Waals surface area contributed by atoms with Crippen LogP contribution in [0.5, 0.6) is 5.75 Å². The van der Waals surface area contributed by atoms with Gasteiger partial charge in [0.2, 0.25) is 5.91 Å². The Morgan fingerprint density at radius 1 is 0.972 bits per heavy atom. The van der Waals surface area contributed by atoms with Gasteiger partial charge in [0.1, 0.15) is 5.75 Å². The predicted molar refractivity (Wildman–Crippen MR) is 139 cm³/mol. The number of aromatic amines is 1. The van der Waals surface area contributed by atoms with E-state index in [1.807, 2.05) is 23.1 Å². The van der Waals surface area contributed by atoms with Crippen LogP contribution >= 0.6 is 0 Å². The molecular weight excluding hydrogens is 456 g/mol. The summed E-state index contributed by atoms with van der Waals surface area (Å²) in [4.78, 5) is 45.8.